The second-order valence-corrected chi connectivity index (χ2v) is 11.0. The van der Waals surface area contributed by atoms with E-state index in [4.69, 9.17) is 9.47 Å². The summed E-state index contributed by atoms with van der Waals surface area (Å²) < 4.78 is 68.0. The lowest BCUT2D eigenvalue weighted by atomic mass is 9.69. The molecule has 2 aliphatic carbocycles. The normalized spacial score (nSPS) is 28.3. The van der Waals surface area contributed by atoms with Crippen molar-refractivity contribution >= 4 is 0 Å². The molecule has 6 heteroatoms. The van der Waals surface area contributed by atoms with E-state index < -0.39 is 29.7 Å². The largest absolute Gasteiger partial charge is 0.490 e. The first-order valence-electron chi connectivity index (χ1n) is 13.6. The lowest BCUT2D eigenvalue weighted by molar-refractivity contribution is 0.121. The maximum Gasteiger partial charge on any atom is 0.267 e. The topological polar surface area (TPSA) is 21.8 Å². The van der Waals surface area contributed by atoms with E-state index in [9.17, 15) is 17.6 Å². The van der Waals surface area contributed by atoms with E-state index in [1.165, 1.54) is 69.2 Å². The summed E-state index contributed by atoms with van der Waals surface area (Å²) in [6.07, 6.45) is 7.96. The highest BCUT2D eigenvalue weighted by Crippen LogP contribution is 2.43. The van der Waals surface area contributed by atoms with Gasteiger partial charge in [-0.15, -0.1) is 0 Å². The Morgan fingerprint density at radius 3 is 2.08 bits per heavy atom. The minimum Gasteiger partial charge on any atom is -0.490 e. The molecule has 2 nitrogen and oxygen atoms in total. The fourth-order valence-electron chi connectivity index (χ4n) is 6.44. The molecule has 3 aliphatic rings. The molecule has 0 spiro atoms. The maximum atomic E-state index is 14.9. The molecule has 1 atom stereocenters. The van der Waals surface area contributed by atoms with Crippen LogP contribution in [0.5, 0.6) is 5.75 Å². The molecule has 0 aromatic heterocycles. The molecule has 1 aliphatic heterocycles. The summed E-state index contributed by atoms with van der Waals surface area (Å²) in [7, 11) is 0. The van der Waals surface area contributed by atoms with Crippen molar-refractivity contribution in [1.29, 1.82) is 0 Å². The van der Waals surface area contributed by atoms with Crippen molar-refractivity contribution < 1.29 is 27.0 Å². The molecule has 0 radical (unpaired) electrons. The quantitative estimate of drug-likeness (QED) is 0.264. The first kappa shape index (κ1) is 25.6. The fraction of sp³-hybridized carbons (Fsp3) is 0.600. The highest BCUT2D eigenvalue weighted by atomic mass is 19.3. The Labute approximate surface area is 211 Å². The second-order valence-electron chi connectivity index (χ2n) is 11.0. The van der Waals surface area contributed by atoms with Crippen molar-refractivity contribution in [2.24, 2.45) is 23.7 Å². The number of hydrogen-bond acceptors (Lipinski definition) is 2. The molecule has 196 valence electrons. The Morgan fingerprint density at radius 1 is 0.889 bits per heavy atom. The number of rotatable bonds is 8. The lowest BCUT2D eigenvalue weighted by Crippen LogP contribution is -2.27. The van der Waals surface area contributed by atoms with Gasteiger partial charge in [-0.1, -0.05) is 44.4 Å². The highest BCUT2D eigenvalue weighted by Gasteiger charge is 2.33. The van der Waals surface area contributed by atoms with Gasteiger partial charge in [0.2, 0.25) is 0 Å². The van der Waals surface area contributed by atoms with E-state index >= 15 is 0 Å². The first-order chi connectivity index (χ1) is 17.4. The predicted molar refractivity (Wildman–Crippen MR) is 132 cm³/mol. The van der Waals surface area contributed by atoms with Crippen molar-refractivity contribution in [1.82, 2.24) is 0 Å². The summed E-state index contributed by atoms with van der Waals surface area (Å²) >= 11 is 0. The third-order valence-electron chi connectivity index (χ3n) is 8.85. The van der Waals surface area contributed by atoms with Crippen LogP contribution in [0.25, 0.3) is 11.1 Å². The summed E-state index contributed by atoms with van der Waals surface area (Å²) in [6, 6.07) is 7.02. The van der Waals surface area contributed by atoms with Crippen LogP contribution in [0.1, 0.15) is 88.4 Å². The zero-order chi connectivity index (χ0) is 25.2. The molecular formula is C30H36F4O2. The molecule has 0 bridgehead atoms. The molecule has 1 heterocycles. The first-order valence-corrected chi connectivity index (χ1v) is 13.6. The molecule has 1 unspecified atom stereocenters. The third-order valence-corrected chi connectivity index (χ3v) is 8.85. The van der Waals surface area contributed by atoms with Crippen LogP contribution < -0.4 is 4.74 Å². The molecule has 0 amide bonds. The van der Waals surface area contributed by atoms with Crippen LogP contribution in [0.15, 0.2) is 30.3 Å². The van der Waals surface area contributed by atoms with Crippen LogP contribution in [0, 0.1) is 35.3 Å². The van der Waals surface area contributed by atoms with Crippen LogP contribution >= 0.6 is 0 Å². The Bertz CT molecular complexity index is 1040. The van der Waals surface area contributed by atoms with Gasteiger partial charge in [0.1, 0.15) is 11.9 Å². The van der Waals surface area contributed by atoms with Crippen LogP contribution in [0.2, 0.25) is 0 Å². The van der Waals surface area contributed by atoms with Gasteiger partial charge in [0.25, 0.3) is 6.43 Å². The molecule has 36 heavy (non-hydrogen) atoms. The van der Waals surface area contributed by atoms with Gasteiger partial charge >= 0.3 is 0 Å². The minimum absolute atomic E-state index is 0.0105. The maximum absolute atomic E-state index is 14.9. The summed E-state index contributed by atoms with van der Waals surface area (Å²) in [5.41, 5.74) is -0.395. The number of benzene rings is 2. The summed E-state index contributed by atoms with van der Waals surface area (Å²) in [5.74, 6) is 1.53. The van der Waals surface area contributed by atoms with E-state index in [2.05, 4.69) is 6.92 Å². The van der Waals surface area contributed by atoms with Gasteiger partial charge < -0.3 is 9.47 Å². The van der Waals surface area contributed by atoms with E-state index in [1.807, 2.05) is 0 Å². The van der Waals surface area contributed by atoms with Crippen LogP contribution in [0.4, 0.5) is 17.6 Å². The molecule has 5 rings (SSSR count). The Balaban J connectivity index is 1.18. The molecule has 0 N–H and O–H groups in total. The molecule has 2 saturated carbocycles. The SMILES string of the molecule is CCC1CCC(C2CCC(COc3ccc(-c4ccc(C5CO5)c(F)c4C(F)F)cc3F)CC2)CC1. The Morgan fingerprint density at radius 2 is 1.53 bits per heavy atom. The minimum atomic E-state index is -3.02. The summed E-state index contributed by atoms with van der Waals surface area (Å²) in [4.78, 5) is 0. The fourth-order valence-corrected chi connectivity index (χ4v) is 6.44. The van der Waals surface area contributed by atoms with Gasteiger partial charge in [-0.3, -0.25) is 0 Å². The summed E-state index contributed by atoms with van der Waals surface area (Å²) in [6.45, 7) is 3.08. The van der Waals surface area contributed by atoms with Crippen molar-refractivity contribution in [2.75, 3.05) is 13.2 Å². The van der Waals surface area contributed by atoms with E-state index in [0.29, 0.717) is 19.1 Å². The number of halogens is 4. The van der Waals surface area contributed by atoms with Crippen molar-refractivity contribution in [3.63, 3.8) is 0 Å². The van der Waals surface area contributed by atoms with Crippen molar-refractivity contribution in [3.05, 3.63) is 53.1 Å². The lowest BCUT2D eigenvalue weighted by Gasteiger charge is -2.37. The monoisotopic (exact) mass is 504 g/mol. The average molecular weight is 505 g/mol. The van der Waals surface area contributed by atoms with E-state index in [0.717, 1.165) is 36.7 Å². The molecule has 2 aromatic carbocycles. The van der Waals surface area contributed by atoms with Crippen LogP contribution in [0.3, 0.4) is 0 Å². The van der Waals surface area contributed by atoms with E-state index in [1.54, 1.807) is 0 Å². The van der Waals surface area contributed by atoms with Gasteiger partial charge in [-0.05, 0) is 85.5 Å². The molecule has 3 fully saturated rings. The molecule has 1 saturated heterocycles. The molecular weight excluding hydrogens is 468 g/mol. The number of alkyl halides is 2. The average Bonchev–Trinajstić information content (AvgIpc) is 3.73. The zero-order valence-corrected chi connectivity index (χ0v) is 21.0. The van der Waals surface area contributed by atoms with Gasteiger partial charge in [0, 0.05) is 5.56 Å². The molecule has 2 aromatic rings. The van der Waals surface area contributed by atoms with Crippen molar-refractivity contribution in [2.45, 2.75) is 77.2 Å². The summed E-state index contributed by atoms with van der Waals surface area (Å²) in [5, 5.41) is 0. The van der Waals surface area contributed by atoms with Gasteiger partial charge in [0.15, 0.2) is 11.6 Å². The number of hydrogen-bond donors (Lipinski definition) is 0. The second kappa shape index (κ2) is 11.1. The smallest absolute Gasteiger partial charge is 0.267 e. The predicted octanol–water partition coefficient (Wildman–Crippen LogP) is 9.04. The van der Waals surface area contributed by atoms with Crippen LogP contribution in [-0.4, -0.2) is 13.2 Å². The Kier molecular flexibility index (Phi) is 7.90. The van der Waals surface area contributed by atoms with E-state index in [-0.39, 0.29) is 22.4 Å². The van der Waals surface area contributed by atoms with Gasteiger partial charge in [0.05, 0.1) is 18.8 Å². The van der Waals surface area contributed by atoms with Crippen LogP contribution in [-0.2, 0) is 4.74 Å². The third kappa shape index (κ3) is 5.58. The number of epoxide rings is 1. The zero-order valence-electron chi connectivity index (χ0n) is 21.0. The van der Waals surface area contributed by atoms with Gasteiger partial charge in [-0.25, -0.2) is 17.6 Å². The standard InChI is InChI=1S/C30H36F4O2/c1-2-18-3-7-20(8-4-18)21-9-5-19(6-10-21)16-35-26-14-11-22(15-25(26)31)23-12-13-24(27-17-36-27)29(32)28(23)30(33)34/h11-15,18-21,27,30H,2-10,16-17H2,1H3. The van der Waals surface area contributed by atoms with Crippen molar-refractivity contribution in [3.8, 4) is 16.9 Å². The highest BCUT2D eigenvalue weighted by molar-refractivity contribution is 5.69. The number of ether oxygens (including phenoxy) is 2. The van der Waals surface area contributed by atoms with Gasteiger partial charge in [-0.2, -0.15) is 0 Å². The Hall–Kier alpha value is -2.08.